The Morgan fingerprint density at radius 3 is 2.79 bits per heavy atom. The van der Waals surface area contributed by atoms with Crippen LogP contribution < -0.4 is 10.5 Å². The average molecular weight is 193 g/mol. The maximum atomic E-state index is 5.79. The molecule has 1 aromatic carbocycles. The highest BCUT2D eigenvalue weighted by Gasteiger charge is 2.06. The molecule has 2 N–H and O–H groups in total. The van der Waals surface area contributed by atoms with Crippen LogP contribution in [0.1, 0.15) is 32.3 Å². The summed E-state index contributed by atoms with van der Waals surface area (Å²) in [5, 5.41) is 0. The average Bonchev–Trinajstić information content (AvgIpc) is 2.13. The lowest BCUT2D eigenvalue weighted by Gasteiger charge is -2.16. The van der Waals surface area contributed by atoms with E-state index in [2.05, 4.69) is 13.8 Å². The minimum absolute atomic E-state index is 0.264. The third-order valence-corrected chi connectivity index (χ3v) is 2.35. The van der Waals surface area contributed by atoms with Crippen molar-refractivity contribution in [3.8, 4) is 5.75 Å². The summed E-state index contributed by atoms with van der Waals surface area (Å²) in [4.78, 5) is 0. The molecular formula is C12H19NO. The van der Waals surface area contributed by atoms with E-state index in [4.69, 9.17) is 10.5 Å². The quantitative estimate of drug-likeness (QED) is 0.745. The first-order chi connectivity index (χ1) is 6.65. The van der Waals surface area contributed by atoms with Crippen molar-refractivity contribution in [3.05, 3.63) is 23.8 Å². The summed E-state index contributed by atoms with van der Waals surface area (Å²) in [6.45, 7) is 6.24. The van der Waals surface area contributed by atoms with Crippen LogP contribution in [0, 0.1) is 6.92 Å². The highest BCUT2D eigenvalue weighted by molar-refractivity contribution is 5.53. The fraction of sp³-hybridized carbons (Fsp3) is 0.500. The van der Waals surface area contributed by atoms with E-state index >= 15 is 0 Å². The minimum Gasteiger partial charge on any atom is -0.490 e. The Morgan fingerprint density at radius 1 is 1.43 bits per heavy atom. The monoisotopic (exact) mass is 193 g/mol. The van der Waals surface area contributed by atoms with Crippen LogP contribution >= 0.6 is 0 Å². The van der Waals surface area contributed by atoms with E-state index in [1.54, 1.807) is 0 Å². The number of rotatable bonds is 4. The molecule has 0 saturated carbocycles. The fourth-order valence-corrected chi connectivity index (χ4v) is 1.44. The lowest BCUT2D eigenvalue weighted by atomic mass is 10.2. The van der Waals surface area contributed by atoms with Gasteiger partial charge in [0.05, 0.1) is 6.10 Å². The molecule has 1 unspecified atom stereocenters. The predicted octanol–water partition coefficient (Wildman–Crippen LogP) is 3.14. The normalized spacial score (nSPS) is 12.5. The van der Waals surface area contributed by atoms with Crippen molar-refractivity contribution in [3.63, 3.8) is 0 Å². The lowest BCUT2D eigenvalue weighted by molar-refractivity contribution is 0.208. The second kappa shape index (κ2) is 4.89. The van der Waals surface area contributed by atoms with Crippen LogP contribution in [0.25, 0.3) is 0 Å². The Bertz CT molecular complexity index is 296. The summed E-state index contributed by atoms with van der Waals surface area (Å²) < 4.78 is 5.79. The van der Waals surface area contributed by atoms with Crippen LogP contribution in [-0.4, -0.2) is 6.10 Å². The van der Waals surface area contributed by atoms with E-state index in [9.17, 15) is 0 Å². The molecule has 0 radical (unpaired) electrons. The van der Waals surface area contributed by atoms with Crippen molar-refractivity contribution in [2.45, 2.75) is 39.7 Å². The molecule has 0 bridgehead atoms. The maximum absolute atomic E-state index is 5.79. The number of ether oxygens (including phenoxy) is 1. The minimum atomic E-state index is 0.264. The second-order valence-corrected chi connectivity index (χ2v) is 3.69. The lowest BCUT2D eigenvalue weighted by Crippen LogP contribution is -2.12. The van der Waals surface area contributed by atoms with Gasteiger partial charge in [-0.1, -0.05) is 19.4 Å². The zero-order chi connectivity index (χ0) is 10.6. The van der Waals surface area contributed by atoms with Crippen molar-refractivity contribution >= 4 is 5.69 Å². The zero-order valence-electron chi connectivity index (χ0n) is 9.21. The van der Waals surface area contributed by atoms with E-state index < -0.39 is 0 Å². The zero-order valence-corrected chi connectivity index (χ0v) is 9.21. The number of hydrogen-bond acceptors (Lipinski definition) is 2. The van der Waals surface area contributed by atoms with Crippen LogP contribution in [0.4, 0.5) is 5.69 Å². The summed E-state index contributed by atoms with van der Waals surface area (Å²) in [6, 6.07) is 5.79. The molecule has 1 aromatic rings. The fourth-order valence-electron chi connectivity index (χ4n) is 1.44. The van der Waals surface area contributed by atoms with Gasteiger partial charge in [-0.3, -0.25) is 0 Å². The molecule has 0 spiro atoms. The van der Waals surface area contributed by atoms with E-state index in [1.807, 2.05) is 25.1 Å². The van der Waals surface area contributed by atoms with Gasteiger partial charge in [0.2, 0.25) is 0 Å². The van der Waals surface area contributed by atoms with Crippen molar-refractivity contribution in [1.29, 1.82) is 0 Å². The molecule has 0 heterocycles. The van der Waals surface area contributed by atoms with Crippen molar-refractivity contribution < 1.29 is 4.74 Å². The van der Waals surface area contributed by atoms with Gasteiger partial charge in [-0.05, 0) is 32.4 Å². The van der Waals surface area contributed by atoms with E-state index in [0.717, 1.165) is 29.8 Å². The van der Waals surface area contributed by atoms with Gasteiger partial charge < -0.3 is 10.5 Å². The molecule has 0 aromatic heterocycles. The SMILES string of the molecule is CCCC(C)Oc1cccc(N)c1C. The van der Waals surface area contributed by atoms with Gasteiger partial charge in [0, 0.05) is 11.3 Å². The molecule has 0 aliphatic carbocycles. The number of hydrogen-bond donors (Lipinski definition) is 1. The largest absolute Gasteiger partial charge is 0.490 e. The Morgan fingerprint density at radius 2 is 2.14 bits per heavy atom. The second-order valence-electron chi connectivity index (χ2n) is 3.69. The Hall–Kier alpha value is -1.18. The molecule has 0 aliphatic rings. The molecule has 0 aliphatic heterocycles. The summed E-state index contributed by atoms with van der Waals surface area (Å²) in [7, 11) is 0. The van der Waals surface area contributed by atoms with Crippen molar-refractivity contribution in [1.82, 2.24) is 0 Å². The van der Waals surface area contributed by atoms with Crippen LogP contribution in [0.3, 0.4) is 0 Å². The van der Waals surface area contributed by atoms with Crippen LogP contribution in [0.2, 0.25) is 0 Å². The Labute approximate surface area is 86.1 Å². The van der Waals surface area contributed by atoms with Gasteiger partial charge in [0.1, 0.15) is 5.75 Å². The molecule has 0 saturated heterocycles. The van der Waals surface area contributed by atoms with Crippen molar-refractivity contribution in [2.24, 2.45) is 0 Å². The molecule has 2 nitrogen and oxygen atoms in total. The van der Waals surface area contributed by atoms with Gasteiger partial charge in [-0.15, -0.1) is 0 Å². The topological polar surface area (TPSA) is 35.2 Å². The van der Waals surface area contributed by atoms with Gasteiger partial charge >= 0.3 is 0 Å². The standard InChI is InChI=1S/C12H19NO/c1-4-6-9(2)14-12-8-5-7-11(13)10(12)3/h5,7-9H,4,6,13H2,1-3H3. The van der Waals surface area contributed by atoms with Crippen LogP contribution in [-0.2, 0) is 0 Å². The first-order valence-electron chi connectivity index (χ1n) is 5.17. The smallest absolute Gasteiger partial charge is 0.124 e. The molecule has 0 fully saturated rings. The summed E-state index contributed by atoms with van der Waals surface area (Å²) in [6.07, 6.45) is 2.48. The van der Waals surface area contributed by atoms with Gasteiger partial charge in [0.15, 0.2) is 0 Å². The molecule has 2 heteroatoms. The summed E-state index contributed by atoms with van der Waals surface area (Å²) in [5.74, 6) is 0.908. The molecule has 14 heavy (non-hydrogen) atoms. The van der Waals surface area contributed by atoms with Crippen molar-refractivity contribution in [2.75, 3.05) is 5.73 Å². The van der Waals surface area contributed by atoms with Crippen LogP contribution in [0.5, 0.6) is 5.75 Å². The number of anilines is 1. The van der Waals surface area contributed by atoms with E-state index in [1.165, 1.54) is 0 Å². The highest BCUT2D eigenvalue weighted by Crippen LogP contribution is 2.24. The van der Waals surface area contributed by atoms with Gasteiger partial charge in [-0.2, -0.15) is 0 Å². The number of nitrogen functional groups attached to an aromatic ring is 1. The molecule has 78 valence electrons. The van der Waals surface area contributed by atoms with Gasteiger partial charge in [0.25, 0.3) is 0 Å². The molecule has 0 amide bonds. The molecule has 1 atom stereocenters. The molecule has 1 rings (SSSR count). The Kier molecular flexibility index (Phi) is 3.81. The summed E-state index contributed by atoms with van der Waals surface area (Å²) in [5.41, 5.74) is 7.63. The van der Waals surface area contributed by atoms with Gasteiger partial charge in [-0.25, -0.2) is 0 Å². The third kappa shape index (κ3) is 2.66. The van der Waals surface area contributed by atoms with E-state index in [0.29, 0.717) is 0 Å². The maximum Gasteiger partial charge on any atom is 0.124 e. The first-order valence-corrected chi connectivity index (χ1v) is 5.17. The Balaban J connectivity index is 2.71. The molecular weight excluding hydrogens is 174 g/mol. The number of benzene rings is 1. The summed E-state index contributed by atoms with van der Waals surface area (Å²) >= 11 is 0. The number of nitrogens with two attached hydrogens (primary N) is 1. The highest BCUT2D eigenvalue weighted by atomic mass is 16.5. The van der Waals surface area contributed by atoms with E-state index in [-0.39, 0.29) is 6.10 Å². The van der Waals surface area contributed by atoms with Crippen LogP contribution in [0.15, 0.2) is 18.2 Å². The predicted molar refractivity (Wildman–Crippen MR) is 60.6 cm³/mol. The third-order valence-electron chi connectivity index (χ3n) is 2.35. The first kappa shape index (κ1) is 10.9.